The number of carbonyl (C=O) groups is 6. The Hall–Kier alpha value is -4.01. The molecule has 0 radical (unpaired) electrons. The fourth-order valence-corrected chi connectivity index (χ4v) is 8.26. The van der Waals surface area contributed by atoms with E-state index in [4.69, 9.17) is 5.11 Å². The molecule has 15 heteroatoms. The first-order valence-corrected chi connectivity index (χ1v) is 20.8. The lowest BCUT2D eigenvalue weighted by atomic mass is 9.83. The van der Waals surface area contributed by atoms with Gasteiger partial charge in [-0.25, -0.2) is 13.1 Å². The van der Waals surface area contributed by atoms with Gasteiger partial charge in [0.05, 0.1) is 11.3 Å². The zero-order chi connectivity index (χ0) is 39.0. The Balaban J connectivity index is 1.82. The lowest BCUT2D eigenvalue weighted by Gasteiger charge is -2.33. The number of carbonyl (C=O) groups excluding carboxylic acids is 5. The van der Waals surface area contributed by atoms with E-state index in [2.05, 4.69) is 26.0 Å². The third-order valence-corrected chi connectivity index (χ3v) is 11.9. The first-order valence-electron chi connectivity index (χ1n) is 19.3. The van der Waals surface area contributed by atoms with E-state index >= 15 is 0 Å². The number of sulfonamides is 1. The molecule has 1 aromatic rings. The van der Waals surface area contributed by atoms with E-state index in [1.165, 1.54) is 24.3 Å². The first-order chi connectivity index (χ1) is 25.2. The summed E-state index contributed by atoms with van der Waals surface area (Å²) in [6, 6.07) is 3.14. The van der Waals surface area contributed by atoms with Crippen LogP contribution in [0.5, 0.6) is 0 Å². The molecule has 0 bridgehead atoms. The largest absolute Gasteiger partial charge is 0.481 e. The maximum Gasteiger partial charge on any atom is 0.303 e. The van der Waals surface area contributed by atoms with Crippen LogP contribution in [0, 0.1) is 17.8 Å². The topological polar surface area (TPSA) is 217 Å². The molecule has 3 rings (SSSR count). The molecule has 5 amide bonds. The summed E-state index contributed by atoms with van der Waals surface area (Å²) in [5.41, 5.74) is 0. The highest BCUT2D eigenvalue weighted by Gasteiger charge is 2.37. The summed E-state index contributed by atoms with van der Waals surface area (Å²) in [5, 5.41) is 20.2. The van der Waals surface area contributed by atoms with Gasteiger partial charge < -0.3 is 26.4 Å². The van der Waals surface area contributed by atoms with E-state index in [1.807, 2.05) is 6.92 Å². The number of carboxylic acids is 1. The fraction of sp³-hybridized carbons (Fsp3) is 0.684. The zero-order valence-electron chi connectivity index (χ0n) is 31.4. The van der Waals surface area contributed by atoms with Gasteiger partial charge in [-0.05, 0) is 55.6 Å². The Morgan fingerprint density at radius 1 is 0.736 bits per heavy atom. The van der Waals surface area contributed by atoms with E-state index in [0.717, 1.165) is 51.4 Å². The number of benzene rings is 1. The molecule has 0 spiro atoms. The molecule has 1 aromatic carbocycles. The van der Waals surface area contributed by atoms with Crippen molar-refractivity contribution in [1.82, 2.24) is 26.0 Å². The minimum atomic E-state index is -4.20. The van der Waals surface area contributed by atoms with Crippen molar-refractivity contribution in [1.29, 1.82) is 0 Å². The minimum absolute atomic E-state index is 0.0963. The van der Waals surface area contributed by atoms with Crippen LogP contribution in [0.4, 0.5) is 0 Å². The minimum Gasteiger partial charge on any atom is -0.481 e. The van der Waals surface area contributed by atoms with Crippen LogP contribution in [-0.2, 0) is 38.8 Å². The molecule has 2 saturated carbocycles. The summed E-state index contributed by atoms with van der Waals surface area (Å²) in [4.78, 5) is 79.0. The van der Waals surface area contributed by atoms with Gasteiger partial charge in [-0.2, -0.15) is 0 Å². The molecule has 53 heavy (non-hydrogen) atoms. The number of nitrogens with one attached hydrogen (secondary N) is 5. The molecule has 14 nitrogen and oxygen atoms in total. The van der Waals surface area contributed by atoms with Crippen molar-refractivity contribution in [2.24, 2.45) is 17.8 Å². The van der Waals surface area contributed by atoms with Crippen LogP contribution in [0.25, 0.3) is 0 Å². The van der Waals surface area contributed by atoms with Crippen LogP contribution in [-0.4, -0.2) is 73.2 Å². The quantitative estimate of drug-likeness (QED) is 0.114. The van der Waals surface area contributed by atoms with Gasteiger partial charge in [0, 0.05) is 6.42 Å². The van der Waals surface area contributed by atoms with Crippen LogP contribution < -0.4 is 26.0 Å². The molecule has 0 heterocycles. The molecule has 2 aliphatic rings. The van der Waals surface area contributed by atoms with E-state index in [-0.39, 0.29) is 41.9 Å². The van der Waals surface area contributed by atoms with Gasteiger partial charge in [-0.1, -0.05) is 103 Å². The summed E-state index contributed by atoms with van der Waals surface area (Å²) < 4.78 is 27.9. The molecule has 2 aliphatic carbocycles. The average Bonchev–Trinajstić information content (AvgIpc) is 3.15. The number of hydrogen-bond acceptors (Lipinski definition) is 8. The van der Waals surface area contributed by atoms with Crippen molar-refractivity contribution in [2.75, 3.05) is 0 Å². The molecular weight excluding hydrogens is 703 g/mol. The van der Waals surface area contributed by atoms with Crippen LogP contribution in [0.3, 0.4) is 0 Å². The molecule has 1 unspecified atom stereocenters. The van der Waals surface area contributed by atoms with Gasteiger partial charge in [0.25, 0.3) is 15.9 Å². The molecule has 296 valence electrons. The number of amides is 5. The van der Waals surface area contributed by atoms with Crippen molar-refractivity contribution in [3.8, 4) is 0 Å². The predicted molar refractivity (Wildman–Crippen MR) is 198 cm³/mol. The van der Waals surface area contributed by atoms with Crippen LogP contribution in [0.15, 0.2) is 35.2 Å². The summed E-state index contributed by atoms with van der Waals surface area (Å²) in [6.45, 7) is 5.47. The van der Waals surface area contributed by atoms with Crippen molar-refractivity contribution < 1.29 is 42.3 Å². The van der Waals surface area contributed by atoms with Crippen molar-refractivity contribution in [2.45, 2.75) is 153 Å². The molecule has 0 aliphatic heterocycles. The number of rotatable bonds is 20. The highest BCUT2D eigenvalue weighted by atomic mass is 32.2. The van der Waals surface area contributed by atoms with Gasteiger partial charge in [-0.15, -0.1) is 0 Å². The number of hydrogen-bond donors (Lipinski definition) is 6. The van der Waals surface area contributed by atoms with Crippen LogP contribution >= 0.6 is 0 Å². The summed E-state index contributed by atoms with van der Waals surface area (Å²) in [6.07, 6.45) is 9.67. The van der Waals surface area contributed by atoms with Gasteiger partial charge in [0.15, 0.2) is 0 Å². The van der Waals surface area contributed by atoms with Gasteiger partial charge in [0.2, 0.25) is 23.6 Å². The maximum absolute atomic E-state index is 14.1. The summed E-state index contributed by atoms with van der Waals surface area (Å²) in [5.74, 6) is -4.77. The Labute approximate surface area is 313 Å². The molecule has 2 fully saturated rings. The predicted octanol–water partition coefficient (Wildman–Crippen LogP) is 3.69. The molecular formula is C38H59N5O9S. The van der Waals surface area contributed by atoms with Crippen molar-refractivity contribution in [3.05, 3.63) is 30.3 Å². The van der Waals surface area contributed by atoms with E-state index in [1.54, 1.807) is 19.9 Å². The van der Waals surface area contributed by atoms with Gasteiger partial charge in [-0.3, -0.25) is 28.8 Å². The SMILES string of the molecule is CCC[C@H](NC(=O)[C@H](CC1CCCCC1)NC(=O)[C@@H](NC(=O)[C@@H](NC(=O)CCC(=O)O)C1CCCCC1)C(C)CC)C(=O)NS(=O)(=O)c1ccccc1. The second-order valence-corrected chi connectivity index (χ2v) is 16.3. The van der Waals surface area contributed by atoms with Gasteiger partial charge >= 0.3 is 5.97 Å². The second-order valence-electron chi connectivity index (χ2n) is 14.6. The third kappa shape index (κ3) is 14.1. The third-order valence-electron chi connectivity index (χ3n) is 10.5. The molecule has 6 N–H and O–H groups in total. The monoisotopic (exact) mass is 761 g/mol. The van der Waals surface area contributed by atoms with Gasteiger partial charge in [0.1, 0.15) is 24.2 Å². The normalized spacial score (nSPS) is 18.3. The Bertz CT molecular complexity index is 1490. The number of carboxylic acid groups (broad SMARTS) is 1. The Morgan fingerprint density at radius 3 is 1.92 bits per heavy atom. The molecule has 0 saturated heterocycles. The maximum atomic E-state index is 14.1. The number of aliphatic carboxylic acids is 1. The second kappa shape index (κ2) is 21.6. The summed E-state index contributed by atoms with van der Waals surface area (Å²) in [7, 11) is -4.20. The molecule has 5 atom stereocenters. The average molecular weight is 762 g/mol. The fourth-order valence-electron chi connectivity index (χ4n) is 7.22. The molecule has 0 aromatic heterocycles. The van der Waals surface area contributed by atoms with E-state index in [0.29, 0.717) is 32.1 Å². The standard InChI is InChI=1S/C38H59N5O9S/c1-4-15-29(36(48)43-53(51,52)28-20-13-8-14-21-28)39-35(47)30(24-26-16-9-6-10-17-26)40-37(49)33(25(3)5-2)42-38(50)34(27-18-11-7-12-19-27)41-31(44)22-23-32(45)46/h8,13-14,20-21,25-27,29-30,33-34H,4-7,9-12,15-19,22-24H2,1-3H3,(H,39,47)(H,40,49)(H,41,44)(H,42,50)(H,43,48)(H,45,46)/t25?,29-,30-,33-,34-/m0/s1. The van der Waals surface area contributed by atoms with E-state index in [9.17, 15) is 37.2 Å². The summed E-state index contributed by atoms with van der Waals surface area (Å²) >= 11 is 0. The Kier molecular flexibility index (Phi) is 17.7. The lowest BCUT2D eigenvalue weighted by molar-refractivity contribution is -0.139. The van der Waals surface area contributed by atoms with Crippen molar-refractivity contribution in [3.63, 3.8) is 0 Å². The Morgan fingerprint density at radius 2 is 1.34 bits per heavy atom. The van der Waals surface area contributed by atoms with Crippen molar-refractivity contribution >= 4 is 45.5 Å². The lowest BCUT2D eigenvalue weighted by Crippen LogP contribution is -2.60. The van der Waals surface area contributed by atoms with Crippen LogP contribution in [0.1, 0.15) is 124 Å². The van der Waals surface area contributed by atoms with Crippen LogP contribution in [0.2, 0.25) is 0 Å². The first kappa shape index (κ1) is 43.4. The zero-order valence-corrected chi connectivity index (χ0v) is 32.2. The highest BCUT2D eigenvalue weighted by molar-refractivity contribution is 7.90. The smallest absolute Gasteiger partial charge is 0.303 e. The highest BCUT2D eigenvalue weighted by Crippen LogP contribution is 2.29. The van der Waals surface area contributed by atoms with E-state index < -0.39 is 69.7 Å².